The summed E-state index contributed by atoms with van der Waals surface area (Å²) in [4.78, 5) is 11.2. The minimum atomic E-state index is -0.482. The van der Waals surface area contributed by atoms with Gasteiger partial charge < -0.3 is 10.4 Å². The number of amides is 1. The fraction of sp³-hybridized carbons (Fsp3) is 0.857. The highest BCUT2D eigenvalue weighted by molar-refractivity contribution is 8.68. The number of carbonyl (C=O) groups is 1. The second-order valence-corrected chi connectivity index (χ2v) is 4.16. The fourth-order valence-electron chi connectivity index (χ4n) is 0.610. The third-order valence-corrected chi connectivity index (χ3v) is 2.44. The van der Waals surface area contributed by atoms with Gasteiger partial charge in [0, 0.05) is 18.2 Å². The molecule has 12 heavy (non-hydrogen) atoms. The zero-order valence-electron chi connectivity index (χ0n) is 7.28. The van der Waals surface area contributed by atoms with Gasteiger partial charge in [0.15, 0.2) is 0 Å². The lowest BCUT2D eigenvalue weighted by atomic mass is 10.2. The molecule has 0 aliphatic heterocycles. The maximum Gasteiger partial charge on any atom is 0.223 e. The molecule has 0 aromatic rings. The second kappa shape index (κ2) is 6.62. The standard InChI is InChI=1S/C7H15NO2S2/c1-5(4-12-11)7(10)8-3-6(2)9/h5-6,9,11H,3-4H2,1-2H3,(H,8,10)/t5-,6-/m0/s1. The van der Waals surface area contributed by atoms with E-state index in [2.05, 4.69) is 17.0 Å². The number of rotatable bonds is 5. The molecular weight excluding hydrogens is 194 g/mol. The van der Waals surface area contributed by atoms with E-state index in [-0.39, 0.29) is 11.8 Å². The van der Waals surface area contributed by atoms with Crippen LogP contribution in [0.4, 0.5) is 0 Å². The summed E-state index contributed by atoms with van der Waals surface area (Å²) < 4.78 is 0. The van der Waals surface area contributed by atoms with Gasteiger partial charge >= 0.3 is 0 Å². The molecule has 0 unspecified atom stereocenters. The lowest BCUT2D eigenvalue weighted by molar-refractivity contribution is -0.124. The van der Waals surface area contributed by atoms with Crippen LogP contribution < -0.4 is 5.32 Å². The summed E-state index contributed by atoms with van der Waals surface area (Å²) in [6.07, 6.45) is -0.482. The SMILES string of the molecule is C[C@H](O)CNC(=O)[C@@H](C)CSS. The van der Waals surface area contributed by atoms with Gasteiger partial charge in [-0.1, -0.05) is 17.7 Å². The monoisotopic (exact) mass is 209 g/mol. The molecule has 2 atom stereocenters. The van der Waals surface area contributed by atoms with Crippen molar-refractivity contribution in [2.75, 3.05) is 12.3 Å². The molecule has 0 aliphatic rings. The lowest BCUT2D eigenvalue weighted by Crippen LogP contribution is -2.35. The number of hydrogen-bond donors (Lipinski definition) is 3. The highest BCUT2D eigenvalue weighted by atomic mass is 33.1. The Bertz CT molecular complexity index is 141. The molecule has 72 valence electrons. The van der Waals surface area contributed by atoms with Crippen molar-refractivity contribution in [3.8, 4) is 0 Å². The summed E-state index contributed by atoms with van der Waals surface area (Å²) in [5, 5.41) is 11.5. The molecule has 1 amide bonds. The topological polar surface area (TPSA) is 49.3 Å². The van der Waals surface area contributed by atoms with Crippen LogP contribution in [0.5, 0.6) is 0 Å². The number of nitrogens with one attached hydrogen (secondary N) is 1. The van der Waals surface area contributed by atoms with E-state index in [1.165, 1.54) is 10.8 Å². The number of thiol groups is 1. The van der Waals surface area contributed by atoms with E-state index >= 15 is 0 Å². The fourth-order valence-corrected chi connectivity index (χ4v) is 1.66. The summed E-state index contributed by atoms with van der Waals surface area (Å²) in [7, 11) is 1.34. The number of aliphatic hydroxyl groups is 1. The van der Waals surface area contributed by atoms with Gasteiger partial charge in [-0.15, -0.1) is 11.7 Å². The van der Waals surface area contributed by atoms with E-state index in [0.29, 0.717) is 12.3 Å². The highest BCUT2D eigenvalue weighted by Crippen LogP contribution is 2.11. The highest BCUT2D eigenvalue weighted by Gasteiger charge is 2.11. The molecule has 0 saturated carbocycles. The minimum Gasteiger partial charge on any atom is -0.392 e. The van der Waals surface area contributed by atoms with Crippen LogP contribution in [0, 0.1) is 5.92 Å². The molecule has 0 aromatic heterocycles. The Labute approximate surface area is 82.1 Å². The van der Waals surface area contributed by atoms with Crippen molar-refractivity contribution >= 4 is 28.4 Å². The molecule has 0 fully saturated rings. The van der Waals surface area contributed by atoms with E-state index in [1.54, 1.807) is 6.92 Å². The quantitative estimate of drug-likeness (QED) is 0.461. The van der Waals surface area contributed by atoms with Gasteiger partial charge in [-0.25, -0.2) is 0 Å². The van der Waals surface area contributed by atoms with Crippen molar-refractivity contribution in [1.29, 1.82) is 0 Å². The Morgan fingerprint density at radius 1 is 1.67 bits per heavy atom. The summed E-state index contributed by atoms with van der Waals surface area (Å²) in [6.45, 7) is 3.79. The second-order valence-electron chi connectivity index (χ2n) is 2.79. The Hall–Kier alpha value is 0.130. The van der Waals surface area contributed by atoms with Crippen LogP contribution in [0.2, 0.25) is 0 Å². The largest absolute Gasteiger partial charge is 0.392 e. The van der Waals surface area contributed by atoms with Crippen LogP contribution >= 0.6 is 22.5 Å². The van der Waals surface area contributed by atoms with E-state index in [4.69, 9.17) is 5.11 Å². The van der Waals surface area contributed by atoms with Gasteiger partial charge in [-0.2, -0.15) is 0 Å². The third kappa shape index (κ3) is 5.74. The summed E-state index contributed by atoms with van der Waals surface area (Å²) in [5.41, 5.74) is 0. The average Bonchev–Trinajstić information content (AvgIpc) is 2.00. The van der Waals surface area contributed by atoms with Crippen molar-refractivity contribution < 1.29 is 9.90 Å². The minimum absolute atomic E-state index is 0.0301. The van der Waals surface area contributed by atoms with Crippen molar-refractivity contribution in [3.05, 3.63) is 0 Å². The average molecular weight is 209 g/mol. The molecule has 3 nitrogen and oxygen atoms in total. The summed E-state index contributed by atoms with van der Waals surface area (Å²) in [6, 6.07) is 0. The molecule has 0 heterocycles. The van der Waals surface area contributed by atoms with Gasteiger partial charge in [0.2, 0.25) is 5.91 Å². The molecule has 0 bridgehead atoms. The van der Waals surface area contributed by atoms with Crippen LogP contribution in [-0.4, -0.2) is 29.4 Å². The molecule has 0 rings (SSSR count). The molecule has 0 aromatic carbocycles. The predicted octanol–water partition coefficient (Wildman–Crippen LogP) is 0.698. The summed E-state index contributed by atoms with van der Waals surface area (Å²) >= 11 is 3.95. The first-order chi connectivity index (χ1) is 5.57. The van der Waals surface area contributed by atoms with Crippen LogP contribution in [0.1, 0.15) is 13.8 Å². The van der Waals surface area contributed by atoms with Crippen LogP contribution in [-0.2, 0) is 4.79 Å². The third-order valence-electron chi connectivity index (χ3n) is 1.34. The zero-order chi connectivity index (χ0) is 9.56. The number of aliphatic hydroxyl groups excluding tert-OH is 1. The van der Waals surface area contributed by atoms with Crippen LogP contribution in [0.25, 0.3) is 0 Å². The van der Waals surface area contributed by atoms with Gasteiger partial charge in [0.1, 0.15) is 0 Å². The van der Waals surface area contributed by atoms with Gasteiger partial charge in [0.25, 0.3) is 0 Å². The van der Waals surface area contributed by atoms with E-state index in [9.17, 15) is 4.79 Å². The van der Waals surface area contributed by atoms with Crippen molar-refractivity contribution in [2.45, 2.75) is 20.0 Å². The van der Waals surface area contributed by atoms with Gasteiger partial charge in [-0.3, -0.25) is 4.79 Å². The van der Waals surface area contributed by atoms with E-state index in [1.807, 2.05) is 6.92 Å². The van der Waals surface area contributed by atoms with Crippen LogP contribution in [0.15, 0.2) is 0 Å². The van der Waals surface area contributed by atoms with E-state index in [0.717, 1.165) is 0 Å². The van der Waals surface area contributed by atoms with Gasteiger partial charge in [-0.05, 0) is 6.92 Å². The lowest BCUT2D eigenvalue weighted by Gasteiger charge is -2.11. The number of carbonyl (C=O) groups excluding carboxylic acids is 1. The normalized spacial score (nSPS) is 15.3. The zero-order valence-corrected chi connectivity index (χ0v) is 8.99. The number of hydrogen-bond acceptors (Lipinski definition) is 4. The smallest absolute Gasteiger partial charge is 0.223 e. The molecule has 0 aliphatic carbocycles. The molecule has 0 radical (unpaired) electrons. The summed E-state index contributed by atoms with van der Waals surface area (Å²) in [5.74, 6) is 0.609. The Balaban J connectivity index is 3.57. The first-order valence-electron chi connectivity index (χ1n) is 3.80. The maximum absolute atomic E-state index is 11.2. The van der Waals surface area contributed by atoms with Crippen LogP contribution in [0.3, 0.4) is 0 Å². The van der Waals surface area contributed by atoms with Crippen molar-refractivity contribution in [2.24, 2.45) is 5.92 Å². The van der Waals surface area contributed by atoms with Gasteiger partial charge in [0.05, 0.1) is 6.10 Å². The molecule has 5 heteroatoms. The molecule has 0 saturated heterocycles. The van der Waals surface area contributed by atoms with Crippen molar-refractivity contribution in [3.63, 3.8) is 0 Å². The Morgan fingerprint density at radius 3 is 2.67 bits per heavy atom. The Morgan fingerprint density at radius 2 is 2.25 bits per heavy atom. The Kier molecular flexibility index (Phi) is 6.70. The van der Waals surface area contributed by atoms with E-state index < -0.39 is 6.10 Å². The first-order valence-corrected chi connectivity index (χ1v) is 5.83. The maximum atomic E-state index is 11.2. The molecule has 2 N–H and O–H groups in total. The van der Waals surface area contributed by atoms with Crippen molar-refractivity contribution in [1.82, 2.24) is 5.32 Å². The first kappa shape index (κ1) is 12.1. The predicted molar refractivity (Wildman–Crippen MR) is 55.3 cm³/mol. The molecular formula is C7H15NO2S2. The molecule has 0 spiro atoms.